The number of urea groups is 1. The Kier molecular flexibility index (Phi) is 3.85. The Morgan fingerprint density at radius 2 is 1.75 bits per heavy atom. The maximum Gasteiger partial charge on any atom is 0.335 e. The first-order chi connectivity index (χ1) is 9.57. The van der Waals surface area contributed by atoms with Gasteiger partial charge in [-0.05, 0) is 19.4 Å². The Morgan fingerprint density at radius 1 is 1.10 bits per heavy atom. The van der Waals surface area contributed by atoms with E-state index < -0.39 is 23.9 Å². The maximum atomic E-state index is 12.2. The summed E-state index contributed by atoms with van der Waals surface area (Å²) in [4.78, 5) is 37.8. The predicted octanol–water partition coefficient (Wildman–Crippen LogP) is 1.56. The van der Waals surface area contributed by atoms with Crippen LogP contribution in [0.2, 0.25) is 0 Å². The van der Waals surface area contributed by atoms with Gasteiger partial charge in [-0.1, -0.05) is 36.3 Å². The second-order valence-corrected chi connectivity index (χ2v) is 4.36. The summed E-state index contributed by atoms with van der Waals surface area (Å²) in [5, 5.41) is 0. The van der Waals surface area contributed by atoms with Crippen LogP contribution in [0.3, 0.4) is 0 Å². The minimum Gasteiger partial charge on any atom is -0.263 e. The zero-order valence-corrected chi connectivity index (χ0v) is 11.3. The normalized spacial score (nSPS) is 16.2. The van der Waals surface area contributed by atoms with Crippen LogP contribution in [0, 0.1) is 11.8 Å². The number of rotatable bonds is 3. The second-order valence-electron chi connectivity index (χ2n) is 4.36. The Labute approximate surface area is 117 Å². The van der Waals surface area contributed by atoms with Crippen molar-refractivity contribution < 1.29 is 14.4 Å². The topological polar surface area (TPSA) is 57.7 Å². The molecule has 1 aromatic carbocycles. The van der Waals surface area contributed by atoms with Gasteiger partial charge >= 0.3 is 17.8 Å². The third-order valence-electron chi connectivity index (χ3n) is 3.17. The highest BCUT2D eigenvalue weighted by molar-refractivity contribution is 6.44. The third-order valence-corrected chi connectivity index (χ3v) is 3.17. The SMILES string of the molecule is CC#CCN1C(=O)C(=O)N([C@H](C)c2ccccc2)C1=O. The summed E-state index contributed by atoms with van der Waals surface area (Å²) in [6.07, 6.45) is 0. The van der Waals surface area contributed by atoms with Gasteiger partial charge in [0.05, 0.1) is 12.6 Å². The lowest BCUT2D eigenvalue weighted by Crippen LogP contribution is -2.35. The van der Waals surface area contributed by atoms with Gasteiger partial charge in [0, 0.05) is 0 Å². The maximum absolute atomic E-state index is 12.2. The van der Waals surface area contributed by atoms with Gasteiger partial charge in [-0.2, -0.15) is 0 Å². The van der Waals surface area contributed by atoms with E-state index in [9.17, 15) is 14.4 Å². The molecule has 5 nitrogen and oxygen atoms in total. The molecule has 1 heterocycles. The van der Waals surface area contributed by atoms with Crippen molar-refractivity contribution in [2.75, 3.05) is 6.54 Å². The summed E-state index contributed by atoms with van der Waals surface area (Å²) in [5.41, 5.74) is 0.797. The molecule has 0 aliphatic carbocycles. The van der Waals surface area contributed by atoms with Gasteiger partial charge in [-0.3, -0.25) is 9.59 Å². The number of carbonyl (C=O) groups is 3. The monoisotopic (exact) mass is 270 g/mol. The van der Waals surface area contributed by atoms with E-state index in [0.717, 1.165) is 15.4 Å². The summed E-state index contributed by atoms with van der Waals surface area (Å²) >= 11 is 0. The minimum absolute atomic E-state index is 0.0576. The van der Waals surface area contributed by atoms with Crippen molar-refractivity contribution in [2.45, 2.75) is 19.9 Å². The van der Waals surface area contributed by atoms with Crippen LogP contribution in [-0.4, -0.2) is 34.2 Å². The highest BCUT2D eigenvalue weighted by Crippen LogP contribution is 2.25. The average molecular weight is 270 g/mol. The summed E-state index contributed by atoms with van der Waals surface area (Å²) < 4.78 is 0. The number of nitrogens with zero attached hydrogens (tertiary/aromatic N) is 2. The molecule has 4 amide bonds. The largest absolute Gasteiger partial charge is 0.335 e. The van der Waals surface area contributed by atoms with Crippen molar-refractivity contribution in [3.05, 3.63) is 35.9 Å². The van der Waals surface area contributed by atoms with Crippen LogP contribution < -0.4 is 0 Å². The summed E-state index contributed by atoms with van der Waals surface area (Å²) in [5.74, 6) is 3.61. The molecule has 0 bridgehead atoms. The van der Waals surface area contributed by atoms with Crippen LogP contribution in [0.1, 0.15) is 25.5 Å². The molecule has 0 radical (unpaired) electrons. The van der Waals surface area contributed by atoms with E-state index in [0.29, 0.717) is 0 Å². The third kappa shape index (κ3) is 2.28. The fourth-order valence-corrected chi connectivity index (χ4v) is 2.04. The van der Waals surface area contributed by atoms with Crippen molar-refractivity contribution in [2.24, 2.45) is 0 Å². The standard InChI is InChI=1S/C15H14N2O3/c1-3-4-10-16-13(18)14(19)17(15(16)20)11(2)12-8-6-5-7-9-12/h5-9,11H,10H2,1-2H3/t11-/m1/s1. The predicted molar refractivity (Wildman–Crippen MR) is 72.3 cm³/mol. The van der Waals surface area contributed by atoms with Gasteiger partial charge in [0.15, 0.2) is 0 Å². The molecule has 0 aromatic heterocycles. The van der Waals surface area contributed by atoms with Crippen LogP contribution in [0.5, 0.6) is 0 Å². The molecule has 2 rings (SSSR count). The van der Waals surface area contributed by atoms with E-state index in [1.807, 2.05) is 30.3 Å². The average Bonchev–Trinajstić information content (AvgIpc) is 2.68. The smallest absolute Gasteiger partial charge is 0.263 e. The summed E-state index contributed by atoms with van der Waals surface area (Å²) in [7, 11) is 0. The zero-order chi connectivity index (χ0) is 14.7. The quantitative estimate of drug-likeness (QED) is 0.476. The lowest BCUT2D eigenvalue weighted by molar-refractivity contribution is -0.143. The number of hydrogen-bond acceptors (Lipinski definition) is 3. The molecule has 0 saturated carbocycles. The molecule has 0 unspecified atom stereocenters. The van der Waals surface area contributed by atoms with Crippen LogP contribution >= 0.6 is 0 Å². The minimum atomic E-state index is -0.819. The van der Waals surface area contributed by atoms with Gasteiger partial charge in [0.25, 0.3) is 0 Å². The van der Waals surface area contributed by atoms with E-state index in [1.165, 1.54) is 0 Å². The molecule has 1 aliphatic heterocycles. The molecule has 0 N–H and O–H groups in total. The summed E-state index contributed by atoms with van der Waals surface area (Å²) in [6, 6.07) is 8.00. The number of imide groups is 2. The van der Waals surface area contributed by atoms with E-state index in [1.54, 1.807) is 13.8 Å². The van der Waals surface area contributed by atoms with E-state index >= 15 is 0 Å². The van der Waals surface area contributed by atoms with E-state index in [-0.39, 0.29) is 6.54 Å². The lowest BCUT2D eigenvalue weighted by Gasteiger charge is -2.21. The van der Waals surface area contributed by atoms with Crippen molar-refractivity contribution in [3.8, 4) is 11.8 Å². The zero-order valence-electron chi connectivity index (χ0n) is 11.3. The van der Waals surface area contributed by atoms with Gasteiger partial charge in [0.1, 0.15) is 0 Å². The molecule has 1 atom stereocenters. The molecule has 102 valence electrons. The number of carbonyl (C=O) groups excluding carboxylic acids is 3. The highest BCUT2D eigenvalue weighted by atomic mass is 16.2. The number of benzene rings is 1. The molecular weight excluding hydrogens is 256 g/mol. The fraction of sp³-hybridized carbons (Fsp3) is 0.267. The van der Waals surface area contributed by atoms with E-state index in [4.69, 9.17) is 0 Å². The van der Waals surface area contributed by atoms with Crippen molar-refractivity contribution >= 4 is 17.8 Å². The van der Waals surface area contributed by atoms with Crippen LogP contribution in [0.15, 0.2) is 30.3 Å². The lowest BCUT2D eigenvalue weighted by atomic mass is 10.1. The molecule has 1 fully saturated rings. The first-order valence-corrected chi connectivity index (χ1v) is 6.21. The van der Waals surface area contributed by atoms with Gasteiger partial charge in [-0.15, -0.1) is 5.92 Å². The van der Waals surface area contributed by atoms with E-state index in [2.05, 4.69) is 11.8 Å². The molecular formula is C15H14N2O3. The van der Waals surface area contributed by atoms with Gasteiger partial charge in [-0.25, -0.2) is 14.6 Å². The number of amides is 4. The van der Waals surface area contributed by atoms with Crippen LogP contribution in [0.4, 0.5) is 4.79 Å². The first-order valence-electron chi connectivity index (χ1n) is 6.21. The Morgan fingerprint density at radius 3 is 2.35 bits per heavy atom. The molecule has 0 spiro atoms. The van der Waals surface area contributed by atoms with Crippen molar-refractivity contribution in [1.82, 2.24) is 9.80 Å². The highest BCUT2D eigenvalue weighted by Gasteiger charge is 2.46. The first kappa shape index (κ1) is 13.8. The van der Waals surface area contributed by atoms with Gasteiger partial charge in [0.2, 0.25) is 0 Å². The molecule has 1 saturated heterocycles. The van der Waals surface area contributed by atoms with Crippen molar-refractivity contribution in [1.29, 1.82) is 0 Å². The molecule has 1 aromatic rings. The van der Waals surface area contributed by atoms with Crippen molar-refractivity contribution in [3.63, 3.8) is 0 Å². The molecule has 5 heteroatoms. The second kappa shape index (κ2) is 5.57. The Balaban J connectivity index is 2.28. The molecule has 1 aliphatic rings. The van der Waals surface area contributed by atoms with Crippen LogP contribution in [-0.2, 0) is 9.59 Å². The van der Waals surface area contributed by atoms with Crippen LogP contribution in [0.25, 0.3) is 0 Å². The summed E-state index contributed by atoms with van der Waals surface area (Å²) in [6.45, 7) is 3.27. The van der Waals surface area contributed by atoms with Gasteiger partial charge < -0.3 is 0 Å². The Hall–Kier alpha value is -2.61. The number of hydrogen-bond donors (Lipinski definition) is 0. The molecule has 20 heavy (non-hydrogen) atoms. The Bertz CT molecular complexity index is 613. The fourth-order valence-electron chi connectivity index (χ4n) is 2.04.